The number of ketones is 1. The third-order valence-electron chi connectivity index (χ3n) is 4.76. The van der Waals surface area contributed by atoms with Gasteiger partial charge in [-0.25, -0.2) is 4.39 Å². The van der Waals surface area contributed by atoms with E-state index in [1.807, 2.05) is 0 Å². The van der Waals surface area contributed by atoms with Crippen LogP contribution in [-0.2, 0) is 9.59 Å². The van der Waals surface area contributed by atoms with Crippen LogP contribution in [0.5, 0.6) is 0 Å². The van der Waals surface area contributed by atoms with Crippen LogP contribution >= 0.6 is 15.9 Å². The summed E-state index contributed by atoms with van der Waals surface area (Å²) < 4.78 is 13.9. The molecule has 1 aromatic carbocycles. The molecule has 1 aliphatic carbocycles. The Morgan fingerprint density at radius 3 is 2.78 bits per heavy atom. The first-order valence-corrected chi connectivity index (χ1v) is 8.42. The highest BCUT2D eigenvalue weighted by Gasteiger charge is 2.46. The van der Waals surface area contributed by atoms with Crippen molar-refractivity contribution in [1.82, 2.24) is 5.32 Å². The Morgan fingerprint density at radius 1 is 1.17 bits per heavy atom. The maximum atomic E-state index is 13.6. The first-order chi connectivity index (χ1) is 11.1. The highest BCUT2D eigenvalue weighted by atomic mass is 79.9. The van der Waals surface area contributed by atoms with E-state index in [1.165, 1.54) is 6.07 Å². The number of nitrogens with one attached hydrogen (secondary N) is 1. The number of carbonyl (C=O) groups is 2. The highest BCUT2D eigenvalue weighted by Crippen LogP contribution is 2.45. The van der Waals surface area contributed by atoms with Crippen LogP contribution in [0.2, 0.25) is 0 Å². The minimum Gasteiger partial charge on any atom is -0.352 e. The molecule has 4 rings (SSSR count). The van der Waals surface area contributed by atoms with E-state index in [9.17, 15) is 14.0 Å². The molecule has 2 atom stereocenters. The van der Waals surface area contributed by atoms with Gasteiger partial charge in [0.05, 0.1) is 16.1 Å². The third-order valence-corrected chi connectivity index (χ3v) is 5.37. The normalized spacial score (nSPS) is 26.6. The molecule has 6 heteroatoms. The second-order valence-corrected chi connectivity index (χ2v) is 6.92. The van der Waals surface area contributed by atoms with E-state index in [4.69, 9.17) is 0 Å². The zero-order chi connectivity index (χ0) is 16.1. The maximum Gasteiger partial charge on any atom is 0.249 e. The fraction of sp³-hybridized carbons (Fsp3) is 0.353. The van der Waals surface area contributed by atoms with Gasteiger partial charge >= 0.3 is 0 Å². The molecular weight excluding hydrogens is 363 g/mol. The Balaban J connectivity index is 1.91. The van der Waals surface area contributed by atoms with Gasteiger partial charge in [0.1, 0.15) is 11.6 Å². The summed E-state index contributed by atoms with van der Waals surface area (Å²) in [6.45, 7) is 0.562. The summed E-state index contributed by atoms with van der Waals surface area (Å²) in [7, 11) is 0. The number of hydrogen-bond donors (Lipinski definition) is 1. The first kappa shape index (κ1) is 14.8. The molecule has 0 spiro atoms. The molecule has 4 nitrogen and oxygen atoms in total. The standard InChI is InChI=1S/C17H14BrFN2O2/c18-9-7-8(1-2-10(9)19)14-15-11(3-4-13(15)22)21-12-5-6-20-17(23)16(12)14/h1-2,7,14-15H,3-6H2,(H,20,23). The van der Waals surface area contributed by atoms with Crippen LogP contribution in [-0.4, -0.2) is 23.9 Å². The van der Waals surface area contributed by atoms with Crippen LogP contribution in [0.4, 0.5) is 4.39 Å². The SMILES string of the molecule is O=C1NCCC2=C1C(c1ccc(F)c(Br)c1)C1C(=O)CCC1=N2. The summed E-state index contributed by atoms with van der Waals surface area (Å²) in [6, 6.07) is 4.69. The van der Waals surface area contributed by atoms with Crippen molar-refractivity contribution in [1.29, 1.82) is 0 Å². The van der Waals surface area contributed by atoms with Gasteiger partial charge in [0.25, 0.3) is 0 Å². The number of hydrogen-bond acceptors (Lipinski definition) is 3. The molecule has 0 aromatic heterocycles. The van der Waals surface area contributed by atoms with Gasteiger partial charge in [-0.2, -0.15) is 0 Å². The minimum absolute atomic E-state index is 0.110. The second-order valence-electron chi connectivity index (χ2n) is 6.06. The molecule has 0 bridgehead atoms. The number of nitrogens with zero attached hydrogens (tertiary/aromatic N) is 1. The fourth-order valence-corrected chi connectivity index (χ4v) is 4.15. The average molecular weight is 377 g/mol. The van der Waals surface area contributed by atoms with Crippen LogP contribution in [0, 0.1) is 11.7 Å². The van der Waals surface area contributed by atoms with Crippen LogP contribution < -0.4 is 5.32 Å². The molecule has 1 fully saturated rings. The molecule has 0 radical (unpaired) electrons. The summed E-state index contributed by atoms with van der Waals surface area (Å²) >= 11 is 3.20. The van der Waals surface area contributed by atoms with Crippen LogP contribution in [0.1, 0.15) is 30.7 Å². The highest BCUT2D eigenvalue weighted by molar-refractivity contribution is 9.10. The van der Waals surface area contributed by atoms with Gasteiger partial charge in [-0.3, -0.25) is 14.6 Å². The molecule has 2 aliphatic heterocycles. The lowest BCUT2D eigenvalue weighted by molar-refractivity contribution is -0.120. The number of fused-ring (bicyclic) bond motifs is 1. The van der Waals surface area contributed by atoms with Crippen molar-refractivity contribution in [3.8, 4) is 0 Å². The lowest BCUT2D eigenvalue weighted by atomic mass is 9.74. The molecule has 1 amide bonds. The number of aliphatic imine (C=N–C) groups is 1. The average Bonchev–Trinajstić information content (AvgIpc) is 2.90. The Labute approximate surface area is 141 Å². The van der Waals surface area contributed by atoms with Gasteiger partial charge in [-0.15, -0.1) is 0 Å². The molecule has 1 saturated carbocycles. The van der Waals surface area contributed by atoms with Crippen molar-refractivity contribution in [2.24, 2.45) is 10.9 Å². The Kier molecular flexibility index (Phi) is 3.44. The third kappa shape index (κ3) is 2.27. The van der Waals surface area contributed by atoms with Crippen molar-refractivity contribution < 1.29 is 14.0 Å². The topological polar surface area (TPSA) is 58.5 Å². The molecular formula is C17H14BrFN2O2. The lowest BCUT2D eigenvalue weighted by Crippen LogP contribution is -2.40. The molecule has 2 heterocycles. The number of Topliss-reactive ketones (excluding diaryl/α,β-unsaturated/α-hetero) is 1. The van der Waals surface area contributed by atoms with Gasteiger partial charge in [0.2, 0.25) is 5.91 Å². The Bertz CT molecular complexity index is 800. The van der Waals surface area contributed by atoms with E-state index in [1.54, 1.807) is 12.1 Å². The van der Waals surface area contributed by atoms with Crippen molar-refractivity contribution >= 4 is 33.3 Å². The summed E-state index contributed by atoms with van der Waals surface area (Å²) in [5, 5.41) is 2.84. The summed E-state index contributed by atoms with van der Waals surface area (Å²) in [6.07, 6.45) is 1.79. The molecule has 23 heavy (non-hydrogen) atoms. The van der Waals surface area contributed by atoms with Gasteiger partial charge < -0.3 is 5.32 Å². The number of amides is 1. The number of carbonyl (C=O) groups excluding carboxylic acids is 2. The fourth-order valence-electron chi connectivity index (χ4n) is 3.75. The molecule has 0 saturated heterocycles. The molecule has 2 unspecified atom stereocenters. The smallest absolute Gasteiger partial charge is 0.249 e. The zero-order valence-electron chi connectivity index (χ0n) is 12.2. The predicted molar refractivity (Wildman–Crippen MR) is 86.7 cm³/mol. The van der Waals surface area contributed by atoms with E-state index in [0.717, 1.165) is 17.0 Å². The van der Waals surface area contributed by atoms with Crippen molar-refractivity contribution in [2.75, 3.05) is 6.54 Å². The maximum absolute atomic E-state index is 13.6. The monoisotopic (exact) mass is 376 g/mol. The summed E-state index contributed by atoms with van der Waals surface area (Å²) in [4.78, 5) is 29.4. The zero-order valence-corrected chi connectivity index (χ0v) is 13.8. The van der Waals surface area contributed by atoms with E-state index < -0.39 is 5.92 Å². The van der Waals surface area contributed by atoms with Gasteiger partial charge in [0, 0.05) is 36.6 Å². The van der Waals surface area contributed by atoms with Crippen LogP contribution in [0.15, 0.2) is 38.9 Å². The second kappa shape index (κ2) is 5.37. The Hall–Kier alpha value is -1.82. The van der Waals surface area contributed by atoms with Crippen molar-refractivity contribution in [2.45, 2.75) is 25.2 Å². The molecule has 3 aliphatic rings. The molecule has 1 N–H and O–H groups in total. The number of benzene rings is 1. The molecule has 118 valence electrons. The van der Waals surface area contributed by atoms with Gasteiger partial charge in [-0.1, -0.05) is 6.07 Å². The predicted octanol–water partition coefficient (Wildman–Crippen LogP) is 2.88. The quantitative estimate of drug-likeness (QED) is 0.818. The van der Waals surface area contributed by atoms with E-state index in [0.29, 0.717) is 35.9 Å². The largest absolute Gasteiger partial charge is 0.352 e. The van der Waals surface area contributed by atoms with Gasteiger partial charge in [0.15, 0.2) is 0 Å². The summed E-state index contributed by atoms with van der Waals surface area (Å²) in [5.41, 5.74) is 2.99. The Morgan fingerprint density at radius 2 is 2.00 bits per heavy atom. The van der Waals surface area contributed by atoms with E-state index >= 15 is 0 Å². The van der Waals surface area contributed by atoms with E-state index in [2.05, 4.69) is 26.2 Å². The number of rotatable bonds is 1. The van der Waals surface area contributed by atoms with Gasteiger partial charge in [-0.05, 0) is 40.0 Å². The van der Waals surface area contributed by atoms with Crippen molar-refractivity contribution in [3.63, 3.8) is 0 Å². The van der Waals surface area contributed by atoms with E-state index in [-0.39, 0.29) is 23.4 Å². The minimum atomic E-state index is -0.394. The first-order valence-electron chi connectivity index (χ1n) is 7.62. The summed E-state index contributed by atoms with van der Waals surface area (Å²) in [5.74, 6) is -1.18. The van der Waals surface area contributed by atoms with Crippen LogP contribution in [0.25, 0.3) is 0 Å². The van der Waals surface area contributed by atoms with Crippen molar-refractivity contribution in [3.05, 3.63) is 45.3 Å². The number of halogens is 2. The molecule has 1 aromatic rings. The van der Waals surface area contributed by atoms with Crippen LogP contribution in [0.3, 0.4) is 0 Å². The lowest BCUT2D eigenvalue weighted by Gasteiger charge is -2.33.